The van der Waals surface area contributed by atoms with Gasteiger partial charge in [0.1, 0.15) is 0 Å². The molecule has 0 unspecified atom stereocenters. The molecule has 0 aliphatic rings. The molecule has 2 rings (SSSR count). The molecule has 0 bridgehead atoms. The number of aromatic nitrogens is 2. The fourth-order valence-corrected chi connectivity index (χ4v) is 2.54. The van der Waals surface area contributed by atoms with Gasteiger partial charge in [0.15, 0.2) is 15.2 Å². The Morgan fingerprint density at radius 1 is 1.56 bits per heavy atom. The number of carbonyl (C=O) groups excluding carboxylic acids is 1. The highest BCUT2D eigenvalue weighted by Gasteiger charge is 2.16. The molecule has 0 fully saturated rings. The van der Waals surface area contributed by atoms with Crippen LogP contribution in [0.25, 0.3) is 0 Å². The number of nitrogens with one attached hydrogen (secondary N) is 1. The van der Waals surface area contributed by atoms with E-state index in [1.165, 1.54) is 18.4 Å². The Hall–Kier alpha value is -1.53. The maximum atomic E-state index is 11.3. The summed E-state index contributed by atoms with van der Waals surface area (Å²) in [6.45, 7) is 1.52. The first-order valence-electron chi connectivity index (χ1n) is 5.30. The molecule has 5 nitrogen and oxygen atoms in total. The van der Waals surface area contributed by atoms with Gasteiger partial charge in [-0.1, -0.05) is 22.9 Å². The number of anilines is 1. The molecule has 0 aliphatic heterocycles. The molecule has 0 amide bonds. The molecule has 0 spiro atoms. The third-order valence-corrected chi connectivity index (χ3v) is 3.65. The molecule has 0 saturated heterocycles. The third kappa shape index (κ3) is 3.02. The quantitative estimate of drug-likeness (QED) is 0.858. The number of carbonyl (C=O) groups is 1. The van der Waals surface area contributed by atoms with Gasteiger partial charge in [0.2, 0.25) is 0 Å². The van der Waals surface area contributed by atoms with Crippen LogP contribution in [0.2, 0.25) is 5.15 Å². The van der Waals surface area contributed by atoms with Crippen LogP contribution in [0.3, 0.4) is 0 Å². The molecule has 0 saturated carbocycles. The molecule has 7 heteroatoms. The molecule has 18 heavy (non-hydrogen) atoms. The van der Waals surface area contributed by atoms with E-state index in [4.69, 9.17) is 11.6 Å². The molecule has 0 atom stereocenters. The van der Waals surface area contributed by atoms with Crippen LogP contribution in [0, 0.1) is 0 Å². The van der Waals surface area contributed by atoms with Crippen LogP contribution in [0.4, 0.5) is 5.13 Å². The van der Waals surface area contributed by atoms with E-state index >= 15 is 0 Å². The number of hydrogen-bond donors (Lipinski definition) is 1. The zero-order valence-electron chi connectivity index (χ0n) is 9.72. The number of thiazole rings is 1. The van der Waals surface area contributed by atoms with E-state index < -0.39 is 5.97 Å². The van der Waals surface area contributed by atoms with E-state index in [0.717, 1.165) is 6.54 Å². The highest BCUT2D eigenvalue weighted by Crippen LogP contribution is 2.27. The normalized spacial score (nSPS) is 10.3. The van der Waals surface area contributed by atoms with Crippen LogP contribution in [0.1, 0.15) is 9.67 Å². The molecule has 0 radical (unpaired) electrons. The molecule has 1 N–H and O–H groups in total. The summed E-state index contributed by atoms with van der Waals surface area (Å²) in [6.07, 6.45) is 3.97. The van der Waals surface area contributed by atoms with Gasteiger partial charge in [-0.3, -0.25) is 0 Å². The van der Waals surface area contributed by atoms with E-state index in [1.54, 1.807) is 0 Å². The summed E-state index contributed by atoms with van der Waals surface area (Å²) in [7, 11) is 1.32. The lowest BCUT2D eigenvalue weighted by molar-refractivity contribution is 0.0606. The average molecular weight is 286 g/mol. The average Bonchev–Trinajstić information content (AvgIpc) is 2.98. The molecule has 2 aromatic rings. The molecule has 0 aromatic carbocycles. The highest BCUT2D eigenvalue weighted by molar-refractivity contribution is 7.18. The van der Waals surface area contributed by atoms with Crippen molar-refractivity contribution in [1.82, 2.24) is 9.55 Å². The van der Waals surface area contributed by atoms with Gasteiger partial charge in [0, 0.05) is 25.5 Å². The van der Waals surface area contributed by atoms with Crippen molar-refractivity contribution in [2.75, 3.05) is 19.0 Å². The number of rotatable bonds is 5. The minimum atomic E-state index is -0.462. The van der Waals surface area contributed by atoms with Crippen molar-refractivity contribution in [3.63, 3.8) is 0 Å². The number of esters is 1. The number of hydrogen-bond acceptors (Lipinski definition) is 5. The zero-order valence-corrected chi connectivity index (χ0v) is 11.3. The molecule has 0 aliphatic carbocycles. The summed E-state index contributed by atoms with van der Waals surface area (Å²) in [5.74, 6) is -0.462. The van der Waals surface area contributed by atoms with E-state index in [-0.39, 0.29) is 5.15 Å². The number of nitrogens with zero attached hydrogens (tertiary/aromatic N) is 2. The van der Waals surface area contributed by atoms with Crippen molar-refractivity contribution in [3.05, 3.63) is 34.6 Å². The van der Waals surface area contributed by atoms with Crippen molar-refractivity contribution in [2.24, 2.45) is 0 Å². The van der Waals surface area contributed by atoms with Crippen LogP contribution in [-0.2, 0) is 11.3 Å². The van der Waals surface area contributed by atoms with Crippen LogP contribution in [0.5, 0.6) is 0 Å². The first-order valence-corrected chi connectivity index (χ1v) is 6.49. The van der Waals surface area contributed by atoms with Gasteiger partial charge in [-0.15, -0.1) is 0 Å². The van der Waals surface area contributed by atoms with E-state index in [0.29, 0.717) is 16.6 Å². The Bertz CT molecular complexity index is 524. The largest absolute Gasteiger partial charge is 0.465 e. The van der Waals surface area contributed by atoms with E-state index in [9.17, 15) is 4.79 Å². The van der Waals surface area contributed by atoms with Gasteiger partial charge >= 0.3 is 5.97 Å². The Morgan fingerprint density at radius 2 is 2.28 bits per heavy atom. The Balaban J connectivity index is 1.92. The lowest BCUT2D eigenvalue weighted by Crippen LogP contribution is -2.08. The number of halogens is 1. The standard InChI is InChI=1S/C11H12ClN3O2S/c1-17-10(16)8-9(12)14-11(18-8)13-4-7-15-5-2-3-6-15/h2-3,5-6H,4,7H2,1H3,(H,13,14). The molecular formula is C11H12ClN3O2S. The van der Waals surface area contributed by atoms with E-state index in [1.807, 2.05) is 29.1 Å². The van der Waals surface area contributed by atoms with Crippen LogP contribution >= 0.6 is 22.9 Å². The first kappa shape index (κ1) is 12.9. The summed E-state index contributed by atoms with van der Waals surface area (Å²) in [6, 6.07) is 3.94. The second kappa shape index (κ2) is 5.88. The summed E-state index contributed by atoms with van der Waals surface area (Å²) in [5, 5.41) is 3.91. The van der Waals surface area contributed by atoms with Crippen molar-refractivity contribution < 1.29 is 9.53 Å². The molecule has 2 heterocycles. The first-order chi connectivity index (χ1) is 8.70. The van der Waals surface area contributed by atoms with Crippen molar-refractivity contribution in [3.8, 4) is 0 Å². The fourth-order valence-electron chi connectivity index (χ4n) is 1.41. The molecule has 2 aromatic heterocycles. The van der Waals surface area contributed by atoms with E-state index in [2.05, 4.69) is 15.0 Å². The van der Waals surface area contributed by atoms with Crippen molar-refractivity contribution in [1.29, 1.82) is 0 Å². The predicted molar refractivity (Wildman–Crippen MR) is 71.4 cm³/mol. The minimum absolute atomic E-state index is 0.176. The monoisotopic (exact) mass is 285 g/mol. The van der Waals surface area contributed by atoms with Gasteiger partial charge in [-0.05, 0) is 12.1 Å². The fraction of sp³-hybridized carbons (Fsp3) is 0.273. The third-order valence-electron chi connectivity index (χ3n) is 2.27. The highest BCUT2D eigenvalue weighted by atomic mass is 35.5. The lowest BCUT2D eigenvalue weighted by atomic mass is 10.6. The van der Waals surface area contributed by atoms with Gasteiger partial charge in [0.25, 0.3) is 0 Å². The summed E-state index contributed by atoms with van der Waals surface area (Å²) in [5.41, 5.74) is 0. The Labute approximate surface area is 113 Å². The maximum Gasteiger partial charge on any atom is 0.351 e. The lowest BCUT2D eigenvalue weighted by Gasteiger charge is -2.03. The predicted octanol–water partition coefficient (Wildman–Crippen LogP) is 2.50. The van der Waals surface area contributed by atoms with Crippen LogP contribution in [-0.4, -0.2) is 29.2 Å². The maximum absolute atomic E-state index is 11.3. The summed E-state index contributed by atoms with van der Waals surface area (Å²) in [4.78, 5) is 15.7. The SMILES string of the molecule is COC(=O)c1sc(NCCn2cccc2)nc1Cl. The van der Waals surface area contributed by atoms with Crippen LogP contribution < -0.4 is 5.32 Å². The Morgan fingerprint density at radius 3 is 2.94 bits per heavy atom. The second-order valence-electron chi connectivity index (χ2n) is 3.48. The molecule has 96 valence electrons. The molecular weight excluding hydrogens is 274 g/mol. The second-order valence-corrected chi connectivity index (χ2v) is 4.84. The van der Waals surface area contributed by atoms with Gasteiger partial charge < -0.3 is 14.6 Å². The van der Waals surface area contributed by atoms with Crippen LogP contribution in [0.15, 0.2) is 24.5 Å². The van der Waals surface area contributed by atoms with Gasteiger partial charge in [0.05, 0.1) is 7.11 Å². The van der Waals surface area contributed by atoms with Gasteiger partial charge in [-0.2, -0.15) is 0 Å². The minimum Gasteiger partial charge on any atom is -0.465 e. The van der Waals surface area contributed by atoms with Crippen molar-refractivity contribution >= 4 is 34.0 Å². The summed E-state index contributed by atoms with van der Waals surface area (Å²) < 4.78 is 6.65. The van der Waals surface area contributed by atoms with Gasteiger partial charge in [-0.25, -0.2) is 9.78 Å². The summed E-state index contributed by atoms with van der Waals surface area (Å²) >= 11 is 7.04. The Kier molecular flexibility index (Phi) is 4.22. The topological polar surface area (TPSA) is 56.1 Å². The smallest absolute Gasteiger partial charge is 0.351 e. The van der Waals surface area contributed by atoms with Crippen molar-refractivity contribution in [2.45, 2.75) is 6.54 Å². The zero-order chi connectivity index (χ0) is 13.0. The number of ether oxygens (including phenoxy) is 1. The number of methoxy groups -OCH3 is 1.